The summed E-state index contributed by atoms with van der Waals surface area (Å²) in [5.74, 6) is 0.518. The number of carbonyl (C=O) groups is 1. The number of amides is 1. The normalized spacial score (nSPS) is 11.8. The Morgan fingerprint density at radius 2 is 1.48 bits per heavy atom. The fourth-order valence-electron chi connectivity index (χ4n) is 2.65. The van der Waals surface area contributed by atoms with Crippen LogP contribution in [0, 0.1) is 0 Å². The van der Waals surface area contributed by atoms with E-state index in [1.165, 1.54) is 5.56 Å². The lowest BCUT2D eigenvalue weighted by Gasteiger charge is -2.21. The van der Waals surface area contributed by atoms with Crippen LogP contribution in [0.3, 0.4) is 0 Å². The van der Waals surface area contributed by atoms with Gasteiger partial charge in [0.15, 0.2) is 5.96 Å². The molecule has 0 bridgehead atoms. The van der Waals surface area contributed by atoms with Gasteiger partial charge in [-0.2, -0.15) is 0 Å². The van der Waals surface area contributed by atoms with Crippen molar-refractivity contribution in [2.75, 3.05) is 13.6 Å². The summed E-state index contributed by atoms with van der Waals surface area (Å²) in [6.45, 7) is 7.83. The molecule has 6 heteroatoms. The Balaban J connectivity index is 1.72. The molecule has 0 spiro atoms. The van der Waals surface area contributed by atoms with Crippen molar-refractivity contribution in [1.82, 2.24) is 16.0 Å². The maximum Gasteiger partial charge on any atom is 0.239 e. The summed E-state index contributed by atoms with van der Waals surface area (Å²) in [5, 5.41) is 9.15. The lowest BCUT2D eigenvalue weighted by molar-refractivity contribution is -0.121. The predicted octanol–water partition coefficient (Wildman–Crippen LogP) is 2.98. The molecule has 0 aliphatic carbocycles. The van der Waals surface area contributed by atoms with Crippen LogP contribution in [0.4, 0.5) is 0 Å². The summed E-state index contributed by atoms with van der Waals surface area (Å²) >= 11 is 0. The van der Waals surface area contributed by atoms with Crippen LogP contribution in [-0.4, -0.2) is 31.0 Å². The van der Waals surface area contributed by atoms with E-state index in [4.69, 9.17) is 4.74 Å². The molecule has 0 fully saturated rings. The van der Waals surface area contributed by atoms with Crippen LogP contribution in [0.1, 0.15) is 37.5 Å². The molecule has 0 heterocycles. The predicted molar refractivity (Wildman–Crippen MR) is 117 cm³/mol. The second-order valence-electron chi connectivity index (χ2n) is 7.87. The van der Waals surface area contributed by atoms with Gasteiger partial charge in [-0.15, -0.1) is 0 Å². The minimum Gasteiger partial charge on any atom is -0.372 e. The molecular weight excluding hydrogens is 364 g/mol. The van der Waals surface area contributed by atoms with Gasteiger partial charge in [0, 0.05) is 19.1 Å². The summed E-state index contributed by atoms with van der Waals surface area (Å²) in [6, 6.07) is 18.4. The Morgan fingerprint density at radius 1 is 0.897 bits per heavy atom. The molecule has 0 saturated heterocycles. The first-order valence-electron chi connectivity index (χ1n) is 9.81. The van der Waals surface area contributed by atoms with Crippen LogP contribution in [0.25, 0.3) is 0 Å². The highest BCUT2D eigenvalue weighted by Gasteiger charge is 2.13. The molecule has 2 aromatic rings. The topological polar surface area (TPSA) is 74.8 Å². The van der Waals surface area contributed by atoms with Gasteiger partial charge in [0.05, 0.1) is 19.8 Å². The summed E-state index contributed by atoms with van der Waals surface area (Å²) < 4.78 is 5.77. The minimum absolute atomic E-state index is 0.0692. The molecule has 0 atom stereocenters. The van der Waals surface area contributed by atoms with Crippen LogP contribution in [0.5, 0.6) is 0 Å². The maximum atomic E-state index is 11.9. The van der Waals surface area contributed by atoms with Crippen molar-refractivity contribution < 1.29 is 9.53 Å². The molecule has 1 amide bonds. The van der Waals surface area contributed by atoms with Crippen molar-refractivity contribution in [3.8, 4) is 0 Å². The number of hydrogen-bond acceptors (Lipinski definition) is 3. The average Bonchev–Trinajstić information content (AvgIpc) is 2.69. The summed E-state index contributed by atoms with van der Waals surface area (Å²) in [4.78, 5) is 16.1. The van der Waals surface area contributed by atoms with Crippen LogP contribution in [-0.2, 0) is 29.3 Å². The number of benzene rings is 2. The van der Waals surface area contributed by atoms with E-state index in [1.54, 1.807) is 7.05 Å². The molecule has 3 N–H and O–H groups in total. The van der Waals surface area contributed by atoms with Crippen molar-refractivity contribution >= 4 is 11.9 Å². The van der Waals surface area contributed by atoms with Gasteiger partial charge in [-0.3, -0.25) is 9.79 Å². The fourth-order valence-corrected chi connectivity index (χ4v) is 2.65. The molecule has 0 aliphatic heterocycles. The van der Waals surface area contributed by atoms with Crippen LogP contribution in [0.2, 0.25) is 0 Å². The fraction of sp³-hybridized carbons (Fsp3) is 0.391. The molecule has 29 heavy (non-hydrogen) atoms. The number of aliphatic imine (C=N–C) groups is 1. The SMILES string of the molecule is CN=C(NCC(=O)NC(C)(C)C)NCc1ccc(COCc2ccccc2)cc1. The Bertz CT molecular complexity index is 781. The van der Waals surface area contributed by atoms with Gasteiger partial charge in [0.2, 0.25) is 5.91 Å². The quantitative estimate of drug-likeness (QED) is 0.474. The Kier molecular flexibility index (Phi) is 8.68. The largest absolute Gasteiger partial charge is 0.372 e. The lowest BCUT2D eigenvalue weighted by atomic mass is 10.1. The monoisotopic (exact) mass is 396 g/mol. The van der Waals surface area contributed by atoms with Gasteiger partial charge in [-0.25, -0.2) is 0 Å². The Labute approximate surface area is 173 Å². The van der Waals surface area contributed by atoms with E-state index in [9.17, 15) is 4.79 Å². The standard InChI is InChI=1S/C23H32N4O2/c1-23(2,3)27-21(28)15-26-22(24-4)25-14-18-10-12-20(13-11-18)17-29-16-19-8-6-5-7-9-19/h5-13H,14-17H2,1-4H3,(H,27,28)(H2,24,25,26). The molecule has 0 radical (unpaired) electrons. The van der Waals surface area contributed by atoms with Gasteiger partial charge in [0.25, 0.3) is 0 Å². The number of rotatable bonds is 8. The molecule has 2 rings (SSSR count). The van der Waals surface area contributed by atoms with Gasteiger partial charge in [-0.05, 0) is 37.5 Å². The third-order valence-corrected chi connectivity index (χ3v) is 4.02. The number of nitrogens with one attached hydrogen (secondary N) is 3. The zero-order valence-corrected chi connectivity index (χ0v) is 17.8. The van der Waals surface area contributed by atoms with Gasteiger partial charge in [-0.1, -0.05) is 54.6 Å². The first kappa shape index (κ1) is 22.4. The number of nitrogens with zero attached hydrogens (tertiary/aromatic N) is 1. The zero-order chi connectivity index (χ0) is 21.1. The first-order valence-corrected chi connectivity index (χ1v) is 9.81. The third-order valence-electron chi connectivity index (χ3n) is 4.02. The van der Waals surface area contributed by atoms with Crippen LogP contribution < -0.4 is 16.0 Å². The van der Waals surface area contributed by atoms with E-state index in [1.807, 2.05) is 39.0 Å². The highest BCUT2D eigenvalue weighted by atomic mass is 16.5. The summed E-state index contributed by atoms with van der Waals surface area (Å²) in [7, 11) is 1.68. The van der Waals surface area contributed by atoms with Gasteiger partial charge < -0.3 is 20.7 Å². The molecule has 0 aromatic heterocycles. The van der Waals surface area contributed by atoms with Gasteiger partial charge >= 0.3 is 0 Å². The van der Waals surface area contributed by atoms with Crippen molar-refractivity contribution in [3.05, 3.63) is 71.3 Å². The second-order valence-corrected chi connectivity index (χ2v) is 7.87. The molecule has 0 aliphatic rings. The third kappa shape index (κ3) is 9.25. The van der Waals surface area contributed by atoms with Crippen molar-refractivity contribution in [2.45, 2.75) is 46.1 Å². The second kappa shape index (κ2) is 11.2. The molecule has 0 saturated carbocycles. The number of guanidine groups is 1. The van der Waals surface area contributed by atoms with E-state index < -0.39 is 0 Å². The number of carbonyl (C=O) groups excluding carboxylic acids is 1. The van der Waals surface area contributed by atoms with Crippen molar-refractivity contribution in [1.29, 1.82) is 0 Å². The molecular formula is C23H32N4O2. The zero-order valence-electron chi connectivity index (χ0n) is 17.8. The Morgan fingerprint density at radius 3 is 2.07 bits per heavy atom. The molecule has 156 valence electrons. The van der Waals surface area contributed by atoms with E-state index >= 15 is 0 Å². The van der Waals surface area contributed by atoms with Crippen molar-refractivity contribution in [3.63, 3.8) is 0 Å². The van der Waals surface area contributed by atoms with E-state index in [2.05, 4.69) is 57.3 Å². The van der Waals surface area contributed by atoms with E-state index in [0.29, 0.717) is 25.7 Å². The highest BCUT2D eigenvalue weighted by Crippen LogP contribution is 2.08. The summed E-state index contributed by atoms with van der Waals surface area (Å²) in [6.07, 6.45) is 0. The first-order chi connectivity index (χ1) is 13.9. The van der Waals surface area contributed by atoms with Crippen molar-refractivity contribution in [2.24, 2.45) is 4.99 Å². The average molecular weight is 397 g/mol. The smallest absolute Gasteiger partial charge is 0.239 e. The van der Waals surface area contributed by atoms with Crippen LogP contribution >= 0.6 is 0 Å². The lowest BCUT2D eigenvalue weighted by Crippen LogP contribution is -2.48. The maximum absolute atomic E-state index is 11.9. The summed E-state index contributed by atoms with van der Waals surface area (Å²) in [5.41, 5.74) is 3.18. The van der Waals surface area contributed by atoms with Crippen LogP contribution in [0.15, 0.2) is 59.6 Å². The Hall–Kier alpha value is -2.86. The van der Waals surface area contributed by atoms with Gasteiger partial charge in [0.1, 0.15) is 0 Å². The van der Waals surface area contributed by atoms with E-state index in [0.717, 1.165) is 11.1 Å². The molecule has 2 aromatic carbocycles. The minimum atomic E-state index is -0.248. The van der Waals surface area contributed by atoms with E-state index in [-0.39, 0.29) is 18.0 Å². The number of ether oxygens (including phenoxy) is 1. The highest BCUT2D eigenvalue weighted by molar-refractivity contribution is 5.86. The molecule has 6 nitrogen and oxygen atoms in total. The molecule has 0 unspecified atom stereocenters. The number of hydrogen-bond donors (Lipinski definition) is 3.